The van der Waals surface area contributed by atoms with E-state index in [4.69, 9.17) is 11.7 Å². The van der Waals surface area contributed by atoms with Crippen molar-refractivity contribution in [1.82, 2.24) is 10.7 Å². The van der Waals surface area contributed by atoms with Gasteiger partial charge in [0.25, 0.3) is 5.91 Å². The number of likely N-dealkylation sites (N-methyl/N-ethyl adjacent to an activating group) is 1. The fourth-order valence-corrected chi connectivity index (χ4v) is 0.280. The first kappa shape index (κ1) is 7.70. The summed E-state index contributed by atoms with van der Waals surface area (Å²) in [7, 11) is 1.45. The van der Waals surface area contributed by atoms with E-state index in [0.29, 0.717) is 0 Å². The molecule has 0 aliphatic carbocycles. The molecule has 0 aliphatic heterocycles. The summed E-state index contributed by atoms with van der Waals surface area (Å²) in [6.45, 7) is 0. The van der Waals surface area contributed by atoms with E-state index < -0.39 is 5.91 Å². The van der Waals surface area contributed by atoms with Crippen molar-refractivity contribution in [2.24, 2.45) is 16.8 Å². The molecule has 52 valence electrons. The van der Waals surface area contributed by atoms with E-state index in [0.717, 1.165) is 0 Å². The summed E-state index contributed by atoms with van der Waals surface area (Å²) in [5.74, 6) is 9.04. The monoisotopic (exact) mass is 131 g/mol. The van der Waals surface area contributed by atoms with Crippen molar-refractivity contribution in [2.75, 3.05) is 7.05 Å². The summed E-state index contributed by atoms with van der Waals surface area (Å²) in [4.78, 5) is 10.5. The molecule has 0 bridgehead atoms. The van der Waals surface area contributed by atoms with Crippen LogP contribution in [0.4, 0.5) is 0 Å². The van der Waals surface area contributed by atoms with Gasteiger partial charge in [0.15, 0.2) is 0 Å². The number of amidine groups is 1. The third-order valence-corrected chi connectivity index (χ3v) is 0.708. The number of hydrogen-bond acceptors (Lipinski definition) is 4. The molecule has 0 unspecified atom stereocenters. The Morgan fingerprint density at radius 1 is 1.67 bits per heavy atom. The average Bonchev–Trinajstić information content (AvgIpc) is 1.90. The number of amides is 1. The van der Waals surface area contributed by atoms with Crippen LogP contribution in [-0.4, -0.2) is 18.8 Å². The van der Waals surface area contributed by atoms with E-state index in [1.807, 2.05) is 5.43 Å². The Labute approximate surface area is 52.2 Å². The number of nitrogens with two attached hydrogens (primary N) is 2. The molecule has 0 rings (SSSR count). The molecule has 1 amide bonds. The summed E-state index contributed by atoms with van der Waals surface area (Å²) in [5.41, 5.74) is 2.02. The molecule has 0 saturated heterocycles. The van der Waals surface area contributed by atoms with Gasteiger partial charge >= 0.3 is 0 Å². The van der Waals surface area contributed by atoms with Crippen LogP contribution >= 0.6 is 0 Å². The number of nitrogens with zero attached hydrogens (tertiary/aromatic N) is 1. The molecule has 6 N–H and O–H groups in total. The smallest absolute Gasteiger partial charge is 0.289 e. The lowest BCUT2D eigenvalue weighted by molar-refractivity contribution is -0.114. The number of hydrogen-bond donors (Lipinski definition) is 4. The highest BCUT2D eigenvalue weighted by atomic mass is 16.2. The molecule has 0 fully saturated rings. The van der Waals surface area contributed by atoms with Gasteiger partial charge in [0.2, 0.25) is 5.84 Å². The summed E-state index contributed by atoms with van der Waals surface area (Å²) in [5, 5.41) is 5.32. The maximum atomic E-state index is 10.5. The maximum absolute atomic E-state index is 10.5. The Morgan fingerprint density at radius 2 is 2.22 bits per heavy atom. The number of nitrogens with one attached hydrogen (secondary N) is 2. The van der Waals surface area contributed by atoms with Crippen molar-refractivity contribution in [1.29, 1.82) is 0 Å². The Bertz CT molecular complexity index is 130. The number of rotatable bonds is 0. The summed E-state index contributed by atoms with van der Waals surface area (Å²) < 4.78 is 0. The molecule has 0 aromatic heterocycles. The van der Waals surface area contributed by atoms with Crippen molar-refractivity contribution in [3.8, 4) is 0 Å². The summed E-state index contributed by atoms with van der Waals surface area (Å²) in [6.07, 6.45) is 0. The second kappa shape index (κ2) is 3.67. The van der Waals surface area contributed by atoms with Gasteiger partial charge in [-0.3, -0.25) is 4.79 Å². The zero-order chi connectivity index (χ0) is 7.28. The maximum Gasteiger partial charge on any atom is 0.289 e. The highest BCUT2D eigenvalue weighted by Crippen LogP contribution is 1.63. The molecule has 0 aliphatic rings. The highest BCUT2D eigenvalue weighted by molar-refractivity contribution is 6.37. The minimum absolute atomic E-state index is 0.0995. The predicted octanol–water partition coefficient (Wildman–Crippen LogP) is -2.53. The first-order valence-corrected chi connectivity index (χ1v) is 2.22. The topological polar surface area (TPSA) is 106 Å². The largest absolute Gasteiger partial charge is 0.352 e. The number of carbonyl (C=O) groups is 1. The Kier molecular flexibility index (Phi) is 3.14. The van der Waals surface area contributed by atoms with Crippen molar-refractivity contribution >= 4 is 11.7 Å². The van der Waals surface area contributed by atoms with Crippen LogP contribution in [0.1, 0.15) is 0 Å². The third kappa shape index (κ3) is 1.96. The Morgan fingerprint density at radius 3 is 2.33 bits per heavy atom. The fraction of sp³-hybridized carbons (Fsp3) is 0.333. The van der Waals surface area contributed by atoms with Gasteiger partial charge in [0, 0.05) is 7.05 Å². The van der Waals surface area contributed by atoms with Crippen molar-refractivity contribution < 1.29 is 4.79 Å². The van der Waals surface area contributed by atoms with E-state index in [2.05, 4.69) is 10.4 Å². The molecule has 0 saturated carbocycles. The average molecular weight is 131 g/mol. The van der Waals surface area contributed by atoms with Crippen LogP contribution < -0.4 is 22.4 Å². The molecule has 0 aromatic carbocycles. The van der Waals surface area contributed by atoms with Gasteiger partial charge in [-0.1, -0.05) is 0 Å². The van der Waals surface area contributed by atoms with Crippen LogP contribution in [-0.2, 0) is 4.79 Å². The molecule has 0 heterocycles. The molecule has 9 heavy (non-hydrogen) atoms. The zero-order valence-electron chi connectivity index (χ0n) is 5.01. The molecule has 0 atom stereocenters. The van der Waals surface area contributed by atoms with Gasteiger partial charge in [-0.25, -0.2) is 5.84 Å². The molecular formula is C3H9N5O. The van der Waals surface area contributed by atoms with Crippen LogP contribution in [0.2, 0.25) is 0 Å². The number of hydrazone groups is 1. The van der Waals surface area contributed by atoms with E-state index in [1.54, 1.807) is 0 Å². The second-order valence-corrected chi connectivity index (χ2v) is 1.20. The van der Waals surface area contributed by atoms with Gasteiger partial charge < -0.3 is 16.6 Å². The minimum atomic E-state index is -0.444. The van der Waals surface area contributed by atoms with Crippen LogP contribution in [0.25, 0.3) is 0 Å². The first-order valence-electron chi connectivity index (χ1n) is 2.22. The lowest BCUT2D eigenvalue weighted by atomic mass is 10.5. The van der Waals surface area contributed by atoms with Crippen molar-refractivity contribution in [2.45, 2.75) is 0 Å². The van der Waals surface area contributed by atoms with E-state index in [1.165, 1.54) is 7.05 Å². The Balaban J connectivity index is 3.97. The minimum Gasteiger partial charge on any atom is -0.352 e. The van der Waals surface area contributed by atoms with E-state index >= 15 is 0 Å². The highest BCUT2D eigenvalue weighted by Gasteiger charge is 2.04. The third-order valence-electron chi connectivity index (χ3n) is 0.708. The molecule has 6 nitrogen and oxygen atoms in total. The van der Waals surface area contributed by atoms with E-state index in [9.17, 15) is 4.79 Å². The SMILES string of the molecule is CNC(=O)/C(=N/N)NN. The molecular weight excluding hydrogens is 122 g/mol. The fourth-order valence-electron chi connectivity index (χ4n) is 0.280. The van der Waals surface area contributed by atoms with Gasteiger partial charge in [-0.05, 0) is 0 Å². The predicted molar refractivity (Wildman–Crippen MR) is 33.0 cm³/mol. The normalized spacial score (nSPS) is 10.7. The van der Waals surface area contributed by atoms with Gasteiger partial charge in [-0.15, -0.1) is 0 Å². The van der Waals surface area contributed by atoms with Gasteiger partial charge in [0.05, 0.1) is 0 Å². The number of hydrazine groups is 1. The number of carbonyl (C=O) groups excluding carboxylic acids is 1. The lowest BCUT2D eigenvalue weighted by Gasteiger charge is -1.99. The quantitative estimate of drug-likeness (QED) is 0.126. The lowest BCUT2D eigenvalue weighted by Crippen LogP contribution is -2.42. The molecule has 0 aromatic rings. The van der Waals surface area contributed by atoms with Crippen LogP contribution in [0.5, 0.6) is 0 Å². The molecule has 0 spiro atoms. The van der Waals surface area contributed by atoms with Gasteiger partial charge in [-0.2, -0.15) is 5.10 Å². The molecule has 0 radical (unpaired) electrons. The van der Waals surface area contributed by atoms with Gasteiger partial charge in [0.1, 0.15) is 0 Å². The van der Waals surface area contributed by atoms with Crippen molar-refractivity contribution in [3.05, 3.63) is 0 Å². The Hall–Kier alpha value is -1.30. The van der Waals surface area contributed by atoms with Crippen molar-refractivity contribution in [3.63, 3.8) is 0 Å². The zero-order valence-corrected chi connectivity index (χ0v) is 5.01. The van der Waals surface area contributed by atoms with E-state index in [-0.39, 0.29) is 5.84 Å². The summed E-state index contributed by atoms with van der Waals surface area (Å²) in [6, 6.07) is 0. The second-order valence-electron chi connectivity index (χ2n) is 1.20. The molecule has 6 heteroatoms. The van der Waals surface area contributed by atoms with Crippen LogP contribution in [0, 0.1) is 0 Å². The standard InChI is InChI=1S/C3H9N5O/c1-6-3(9)2(7-4)8-5/h4-5H2,1H3,(H,6,9)(H,7,8). The summed E-state index contributed by atoms with van der Waals surface area (Å²) >= 11 is 0. The van der Waals surface area contributed by atoms with Crippen LogP contribution in [0.15, 0.2) is 5.10 Å². The first-order chi connectivity index (χ1) is 4.26. The van der Waals surface area contributed by atoms with Crippen LogP contribution in [0.3, 0.4) is 0 Å².